The number of para-hydroxylation sites is 1. The topological polar surface area (TPSA) is 43.0 Å². The van der Waals surface area contributed by atoms with Gasteiger partial charge in [0, 0.05) is 49.9 Å². The van der Waals surface area contributed by atoms with E-state index in [0.717, 1.165) is 42.0 Å². The number of hydrazone groups is 1. The molecule has 0 aliphatic carbocycles. The largest absolute Gasteiger partial charge is 0.506 e. The zero-order valence-corrected chi connectivity index (χ0v) is 16.1. The van der Waals surface area contributed by atoms with Crippen LogP contribution in [0.4, 0.5) is 11.4 Å². The molecule has 0 spiro atoms. The number of hydrogen-bond acceptors (Lipinski definition) is 4. The molecule has 4 rings (SSSR count). The standard InChI is InChI=1S/C22H24N4O/c1-24-12-6-8-17-13-21(22(27)14-20(17)24)26(3)23-15-18-11-10-16-7-4-5-9-19(16)25(18)2/h4-5,7,9-11,13-15H,6,8,12H2,1-3H3/p+1. The normalized spacial score (nSPS) is 14.0. The first-order valence-electron chi connectivity index (χ1n) is 9.27. The third-order valence-electron chi connectivity index (χ3n) is 5.36. The monoisotopic (exact) mass is 361 g/mol. The van der Waals surface area contributed by atoms with E-state index in [1.54, 1.807) is 5.01 Å². The van der Waals surface area contributed by atoms with Crippen LogP contribution in [0.25, 0.3) is 10.9 Å². The van der Waals surface area contributed by atoms with E-state index in [4.69, 9.17) is 0 Å². The zero-order valence-electron chi connectivity index (χ0n) is 16.1. The van der Waals surface area contributed by atoms with Crippen LogP contribution in [0.1, 0.15) is 17.7 Å². The van der Waals surface area contributed by atoms with Crippen molar-refractivity contribution in [2.24, 2.45) is 12.1 Å². The van der Waals surface area contributed by atoms with Crippen molar-refractivity contribution in [1.82, 2.24) is 0 Å². The highest BCUT2D eigenvalue weighted by Crippen LogP contribution is 2.37. The third-order valence-corrected chi connectivity index (χ3v) is 5.36. The molecule has 5 nitrogen and oxygen atoms in total. The average molecular weight is 361 g/mol. The summed E-state index contributed by atoms with van der Waals surface area (Å²) in [5.41, 5.74) is 5.25. The van der Waals surface area contributed by atoms with Gasteiger partial charge in [-0.15, -0.1) is 0 Å². The van der Waals surface area contributed by atoms with Gasteiger partial charge in [-0.25, -0.2) is 0 Å². The summed E-state index contributed by atoms with van der Waals surface area (Å²) in [5.74, 6) is 0.255. The Balaban J connectivity index is 1.64. The van der Waals surface area contributed by atoms with Crippen molar-refractivity contribution in [2.75, 3.05) is 30.5 Å². The van der Waals surface area contributed by atoms with Gasteiger partial charge < -0.3 is 10.0 Å². The van der Waals surface area contributed by atoms with Crippen molar-refractivity contribution < 1.29 is 9.67 Å². The van der Waals surface area contributed by atoms with E-state index in [2.05, 4.69) is 51.9 Å². The Kier molecular flexibility index (Phi) is 4.44. The first-order valence-corrected chi connectivity index (χ1v) is 9.27. The van der Waals surface area contributed by atoms with E-state index < -0.39 is 0 Å². The second-order valence-corrected chi connectivity index (χ2v) is 7.14. The van der Waals surface area contributed by atoms with Gasteiger partial charge in [0.15, 0.2) is 0 Å². The van der Waals surface area contributed by atoms with Crippen molar-refractivity contribution >= 4 is 28.5 Å². The highest BCUT2D eigenvalue weighted by Gasteiger charge is 2.18. The number of benzene rings is 2. The Bertz CT molecular complexity index is 1030. The Labute approximate surface area is 159 Å². The Morgan fingerprint density at radius 2 is 2.00 bits per heavy atom. The predicted molar refractivity (Wildman–Crippen MR) is 111 cm³/mol. The summed E-state index contributed by atoms with van der Waals surface area (Å²) in [4.78, 5) is 2.20. The molecule has 2 aromatic carbocycles. The first-order chi connectivity index (χ1) is 13.0. The van der Waals surface area contributed by atoms with Crippen LogP contribution >= 0.6 is 0 Å². The number of hydrogen-bond donors (Lipinski definition) is 1. The van der Waals surface area contributed by atoms with E-state index in [9.17, 15) is 5.11 Å². The average Bonchev–Trinajstić information content (AvgIpc) is 2.68. The highest BCUT2D eigenvalue weighted by molar-refractivity contribution is 5.82. The minimum atomic E-state index is 0.255. The molecule has 0 fully saturated rings. The minimum absolute atomic E-state index is 0.255. The van der Waals surface area contributed by atoms with Crippen LogP contribution in [0.5, 0.6) is 5.75 Å². The quantitative estimate of drug-likeness (QED) is 0.442. The molecule has 3 aromatic rings. The number of phenols is 1. The van der Waals surface area contributed by atoms with Crippen molar-refractivity contribution in [2.45, 2.75) is 12.8 Å². The van der Waals surface area contributed by atoms with E-state index >= 15 is 0 Å². The first kappa shape index (κ1) is 17.3. The van der Waals surface area contributed by atoms with Crippen molar-refractivity contribution in [3.05, 3.63) is 59.8 Å². The van der Waals surface area contributed by atoms with Gasteiger partial charge in [0.1, 0.15) is 24.7 Å². The third kappa shape index (κ3) is 3.21. The van der Waals surface area contributed by atoms with Gasteiger partial charge >= 0.3 is 0 Å². The lowest BCUT2D eigenvalue weighted by Crippen LogP contribution is -2.34. The second-order valence-electron chi connectivity index (χ2n) is 7.14. The van der Waals surface area contributed by atoms with Gasteiger partial charge in [0.25, 0.3) is 0 Å². The number of aromatic hydroxyl groups is 1. The summed E-state index contributed by atoms with van der Waals surface area (Å²) >= 11 is 0. The molecule has 1 aromatic heterocycles. The Morgan fingerprint density at radius 1 is 1.19 bits per heavy atom. The molecule has 0 amide bonds. The summed E-state index contributed by atoms with van der Waals surface area (Å²) in [6.45, 7) is 1.03. The Morgan fingerprint density at radius 3 is 2.85 bits per heavy atom. The van der Waals surface area contributed by atoms with Crippen molar-refractivity contribution in [3.8, 4) is 5.75 Å². The van der Waals surface area contributed by atoms with E-state index in [0.29, 0.717) is 0 Å². The van der Waals surface area contributed by atoms with Crippen LogP contribution in [-0.2, 0) is 13.5 Å². The molecule has 138 valence electrons. The smallest absolute Gasteiger partial charge is 0.225 e. The van der Waals surface area contributed by atoms with Gasteiger partial charge in [0.2, 0.25) is 11.2 Å². The lowest BCUT2D eigenvalue weighted by molar-refractivity contribution is -0.645. The fraction of sp³-hybridized carbons (Fsp3) is 0.273. The summed E-state index contributed by atoms with van der Waals surface area (Å²) in [7, 11) is 5.97. The molecule has 1 aliphatic heterocycles. The van der Waals surface area contributed by atoms with Crippen LogP contribution in [0.15, 0.2) is 53.6 Å². The number of fused-ring (bicyclic) bond motifs is 2. The zero-order chi connectivity index (χ0) is 19.0. The van der Waals surface area contributed by atoms with Gasteiger partial charge in [0.05, 0.1) is 0 Å². The fourth-order valence-electron chi connectivity index (χ4n) is 3.75. The minimum Gasteiger partial charge on any atom is -0.506 e. The second kappa shape index (κ2) is 6.91. The molecule has 27 heavy (non-hydrogen) atoms. The van der Waals surface area contributed by atoms with E-state index in [1.807, 2.05) is 38.5 Å². The number of aromatic nitrogens is 1. The molecule has 0 unspecified atom stereocenters. The van der Waals surface area contributed by atoms with E-state index in [1.165, 1.54) is 10.9 Å². The van der Waals surface area contributed by atoms with Crippen molar-refractivity contribution in [1.29, 1.82) is 0 Å². The molecule has 0 radical (unpaired) electrons. The lowest BCUT2D eigenvalue weighted by Gasteiger charge is -2.29. The molecule has 0 bridgehead atoms. The molecule has 5 heteroatoms. The molecule has 2 heterocycles. The maximum atomic E-state index is 10.5. The molecule has 1 aliphatic rings. The maximum Gasteiger partial charge on any atom is 0.225 e. The van der Waals surface area contributed by atoms with Crippen LogP contribution in [-0.4, -0.2) is 32.0 Å². The fourth-order valence-corrected chi connectivity index (χ4v) is 3.75. The number of anilines is 2. The molecule has 0 atom stereocenters. The molecular formula is C22H25N4O+. The van der Waals surface area contributed by atoms with Crippen LogP contribution < -0.4 is 14.5 Å². The molecular weight excluding hydrogens is 336 g/mol. The van der Waals surface area contributed by atoms with Gasteiger partial charge in [-0.2, -0.15) is 9.67 Å². The number of phenolic OH excluding ortho intramolecular Hbond substituents is 1. The molecule has 0 saturated carbocycles. The predicted octanol–water partition coefficient (Wildman–Crippen LogP) is 3.22. The maximum absolute atomic E-state index is 10.5. The number of aryl methyl sites for hydroxylation is 2. The molecule has 1 N–H and O–H groups in total. The Hall–Kier alpha value is -3.08. The number of nitrogens with zero attached hydrogens (tertiary/aromatic N) is 4. The SMILES string of the molecule is CN1CCCc2cc(N(C)/N=C/c3ccc4ccccc4[n+]3C)c(O)cc21. The lowest BCUT2D eigenvalue weighted by atomic mass is 10.0. The summed E-state index contributed by atoms with van der Waals surface area (Å²) in [5, 5.41) is 18.0. The number of rotatable bonds is 3. The van der Waals surface area contributed by atoms with Crippen LogP contribution in [0, 0.1) is 0 Å². The summed E-state index contributed by atoms with van der Waals surface area (Å²) in [6, 6.07) is 16.3. The highest BCUT2D eigenvalue weighted by atomic mass is 16.3. The molecule has 0 saturated heterocycles. The number of pyridine rings is 1. The van der Waals surface area contributed by atoms with Gasteiger partial charge in [-0.3, -0.25) is 5.01 Å². The van der Waals surface area contributed by atoms with Crippen LogP contribution in [0.3, 0.4) is 0 Å². The van der Waals surface area contributed by atoms with Gasteiger partial charge in [-0.1, -0.05) is 12.1 Å². The van der Waals surface area contributed by atoms with E-state index in [-0.39, 0.29) is 5.75 Å². The van der Waals surface area contributed by atoms with Gasteiger partial charge in [-0.05, 0) is 36.6 Å². The van der Waals surface area contributed by atoms with Crippen molar-refractivity contribution in [3.63, 3.8) is 0 Å². The summed E-state index contributed by atoms with van der Waals surface area (Å²) < 4.78 is 2.12. The van der Waals surface area contributed by atoms with Crippen LogP contribution in [0.2, 0.25) is 0 Å². The summed E-state index contributed by atoms with van der Waals surface area (Å²) in [6.07, 6.45) is 4.00.